The van der Waals surface area contributed by atoms with Crippen LogP contribution in [0.15, 0.2) is 29.2 Å². The molecule has 0 radical (unpaired) electrons. The largest absolute Gasteiger partial charge is 0.468 e. The van der Waals surface area contributed by atoms with Crippen LogP contribution < -0.4 is 5.73 Å². The molecule has 1 aliphatic heterocycles. The monoisotopic (exact) mass is 357 g/mol. The van der Waals surface area contributed by atoms with E-state index in [4.69, 9.17) is 5.73 Å². The van der Waals surface area contributed by atoms with Gasteiger partial charge in [0.25, 0.3) is 15.7 Å². The highest BCUT2D eigenvalue weighted by Gasteiger charge is 2.43. The summed E-state index contributed by atoms with van der Waals surface area (Å²) in [6.07, 6.45) is 0.841. The molecular formula is C14H19N3O6S. The molecule has 132 valence electrons. The molecule has 24 heavy (non-hydrogen) atoms. The van der Waals surface area contributed by atoms with Gasteiger partial charge in [-0.2, -0.15) is 4.31 Å². The Morgan fingerprint density at radius 2 is 2.08 bits per heavy atom. The van der Waals surface area contributed by atoms with Crippen molar-refractivity contribution in [2.45, 2.75) is 23.8 Å². The molecule has 1 aromatic carbocycles. The number of methoxy groups -OCH3 is 1. The summed E-state index contributed by atoms with van der Waals surface area (Å²) in [5, 5.41) is 11.2. The summed E-state index contributed by atoms with van der Waals surface area (Å²) >= 11 is 0. The lowest BCUT2D eigenvalue weighted by molar-refractivity contribution is -0.387. The second kappa shape index (κ2) is 7.24. The van der Waals surface area contributed by atoms with Gasteiger partial charge in [-0.05, 0) is 31.4 Å². The summed E-state index contributed by atoms with van der Waals surface area (Å²) < 4.78 is 31.6. The number of esters is 1. The van der Waals surface area contributed by atoms with Crippen molar-refractivity contribution in [1.82, 2.24) is 4.31 Å². The Bertz CT molecular complexity index is 736. The summed E-state index contributed by atoms with van der Waals surface area (Å²) in [6.45, 7) is 0.279. The molecule has 1 saturated heterocycles. The maximum absolute atomic E-state index is 13.0. The van der Waals surface area contributed by atoms with Crippen LogP contribution in [0.1, 0.15) is 12.8 Å². The molecule has 0 saturated carbocycles. The van der Waals surface area contributed by atoms with Crippen molar-refractivity contribution in [2.24, 2.45) is 11.7 Å². The molecule has 0 spiro atoms. The van der Waals surface area contributed by atoms with Gasteiger partial charge in [0.15, 0.2) is 4.90 Å². The van der Waals surface area contributed by atoms with E-state index in [1.54, 1.807) is 0 Å². The highest BCUT2D eigenvalue weighted by molar-refractivity contribution is 7.89. The van der Waals surface area contributed by atoms with Gasteiger partial charge < -0.3 is 10.5 Å². The average Bonchev–Trinajstić information content (AvgIpc) is 2.60. The third kappa shape index (κ3) is 3.40. The van der Waals surface area contributed by atoms with Crippen molar-refractivity contribution >= 4 is 21.7 Å². The van der Waals surface area contributed by atoms with Gasteiger partial charge in [-0.25, -0.2) is 8.42 Å². The number of carbonyl (C=O) groups is 1. The van der Waals surface area contributed by atoms with E-state index in [2.05, 4.69) is 4.74 Å². The summed E-state index contributed by atoms with van der Waals surface area (Å²) in [7, 11) is -3.08. The average molecular weight is 357 g/mol. The highest BCUT2D eigenvalue weighted by atomic mass is 32.2. The molecule has 0 aromatic heterocycles. The molecule has 1 aromatic rings. The third-order valence-corrected chi connectivity index (χ3v) is 6.01. The zero-order valence-electron chi connectivity index (χ0n) is 13.1. The molecular weight excluding hydrogens is 338 g/mol. The van der Waals surface area contributed by atoms with Crippen molar-refractivity contribution in [3.8, 4) is 0 Å². The minimum atomic E-state index is -4.25. The molecule has 2 atom stereocenters. The van der Waals surface area contributed by atoms with Crippen molar-refractivity contribution in [3.63, 3.8) is 0 Å². The number of nitrogens with two attached hydrogens (primary N) is 1. The van der Waals surface area contributed by atoms with E-state index in [1.165, 1.54) is 19.2 Å². The molecule has 1 fully saturated rings. The number of carbonyl (C=O) groups excluding carboxylic acids is 1. The first-order valence-electron chi connectivity index (χ1n) is 7.36. The van der Waals surface area contributed by atoms with Crippen LogP contribution >= 0.6 is 0 Å². The fourth-order valence-electron chi connectivity index (χ4n) is 2.79. The summed E-state index contributed by atoms with van der Waals surface area (Å²) in [4.78, 5) is 21.9. The number of nitro groups is 1. The number of nitrogens with zero attached hydrogens (tertiary/aromatic N) is 2. The number of piperidine rings is 1. The van der Waals surface area contributed by atoms with Crippen molar-refractivity contribution < 1.29 is 22.9 Å². The van der Waals surface area contributed by atoms with E-state index in [1.807, 2.05) is 0 Å². The maximum Gasteiger partial charge on any atom is 0.324 e. The van der Waals surface area contributed by atoms with Crippen LogP contribution in [-0.2, 0) is 19.6 Å². The SMILES string of the molecule is COC(=O)[C@@H]1CC[C@@H](CN)CN1S(=O)(=O)c1ccccc1[N+](=O)[O-]. The van der Waals surface area contributed by atoms with Crippen LogP contribution in [-0.4, -0.2) is 49.9 Å². The number of ether oxygens (including phenoxy) is 1. The Labute approximate surface area is 139 Å². The Kier molecular flexibility index (Phi) is 5.52. The first-order chi connectivity index (χ1) is 11.3. The quantitative estimate of drug-likeness (QED) is 0.461. The molecule has 10 heteroatoms. The summed E-state index contributed by atoms with van der Waals surface area (Å²) in [5.41, 5.74) is 5.10. The molecule has 1 aliphatic rings. The minimum absolute atomic E-state index is 0.0185. The number of nitro benzene ring substituents is 1. The van der Waals surface area contributed by atoms with Crippen LogP contribution in [0, 0.1) is 16.0 Å². The van der Waals surface area contributed by atoms with E-state index in [0.717, 1.165) is 16.4 Å². The molecule has 2 N–H and O–H groups in total. The predicted molar refractivity (Wildman–Crippen MR) is 84.6 cm³/mol. The first-order valence-corrected chi connectivity index (χ1v) is 8.80. The van der Waals surface area contributed by atoms with E-state index < -0.39 is 37.5 Å². The predicted octanol–water partition coefficient (Wildman–Crippen LogP) is 0.496. The van der Waals surface area contributed by atoms with Crippen LogP contribution in [0.3, 0.4) is 0 Å². The van der Waals surface area contributed by atoms with Gasteiger partial charge in [0, 0.05) is 12.6 Å². The van der Waals surface area contributed by atoms with Gasteiger partial charge in [-0.3, -0.25) is 14.9 Å². The zero-order valence-corrected chi connectivity index (χ0v) is 13.9. The third-order valence-electron chi connectivity index (χ3n) is 4.09. The molecule has 2 rings (SSSR count). The van der Waals surface area contributed by atoms with E-state index in [9.17, 15) is 23.3 Å². The van der Waals surface area contributed by atoms with Crippen LogP contribution in [0.2, 0.25) is 0 Å². The van der Waals surface area contributed by atoms with Gasteiger partial charge in [0.2, 0.25) is 0 Å². The van der Waals surface area contributed by atoms with Crippen LogP contribution in [0.5, 0.6) is 0 Å². The number of para-hydroxylation sites is 1. The Balaban J connectivity index is 2.51. The van der Waals surface area contributed by atoms with Gasteiger partial charge in [-0.15, -0.1) is 0 Å². The standard InChI is InChI=1S/C14H19N3O6S/c1-23-14(18)12-7-6-10(8-15)9-16(12)24(21,22)13-5-3-2-4-11(13)17(19)20/h2-5,10,12H,6-9,15H2,1H3/t10-,12-/m0/s1. The number of benzene rings is 1. The maximum atomic E-state index is 13.0. The van der Waals surface area contributed by atoms with Gasteiger partial charge in [0.1, 0.15) is 6.04 Å². The topological polar surface area (TPSA) is 133 Å². The Morgan fingerprint density at radius 1 is 1.42 bits per heavy atom. The van der Waals surface area contributed by atoms with Crippen molar-refractivity contribution in [1.29, 1.82) is 0 Å². The lowest BCUT2D eigenvalue weighted by Crippen LogP contribution is -2.52. The van der Waals surface area contributed by atoms with E-state index in [-0.39, 0.29) is 25.4 Å². The molecule has 0 bridgehead atoms. The zero-order chi connectivity index (χ0) is 17.9. The van der Waals surface area contributed by atoms with E-state index in [0.29, 0.717) is 6.42 Å². The van der Waals surface area contributed by atoms with Crippen molar-refractivity contribution in [2.75, 3.05) is 20.2 Å². The Hall–Kier alpha value is -2.04. The smallest absolute Gasteiger partial charge is 0.324 e. The fraction of sp³-hybridized carbons (Fsp3) is 0.500. The molecule has 0 aliphatic carbocycles. The van der Waals surface area contributed by atoms with Gasteiger partial charge in [-0.1, -0.05) is 12.1 Å². The van der Waals surface area contributed by atoms with Crippen LogP contribution in [0.4, 0.5) is 5.69 Å². The molecule has 0 unspecified atom stereocenters. The number of rotatable bonds is 5. The molecule has 1 heterocycles. The van der Waals surface area contributed by atoms with Crippen molar-refractivity contribution in [3.05, 3.63) is 34.4 Å². The lowest BCUT2D eigenvalue weighted by Gasteiger charge is -2.36. The van der Waals surface area contributed by atoms with Gasteiger partial charge in [0.05, 0.1) is 12.0 Å². The Morgan fingerprint density at radius 3 is 2.67 bits per heavy atom. The first kappa shape index (κ1) is 18.3. The second-order valence-electron chi connectivity index (χ2n) is 5.52. The molecule has 0 amide bonds. The fourth-order valence-corrected chi connectivity index (χ4v) is 4.64. The number of sulfonamides is 1. The van der Waals surface area contributed by atoms with Crippen LogP contribution in [0.25, 0.3) is 0 Å². The highest BCUT2D eigenvalue weighted by Crippen LogP contribution is 2.32. The summed E-state index contributed by atoms with van der Waals surface area (Å²) in [6, 6.07) is 4.05. The van der Waals surface area contributed by atoms with E-state index >= 15 is 0 Å². The molecule has 9 nitrogen and oxygen atoms in total. The number of hydrogen-bond donors (Lipinski definition) is 1. The number of hydrogen-bond acceptors (Lipinski definition) is 7. The normalized spacial score (nSPS) is 22.1. The van der Waals surface area contributed by atoms with Gasteiger partial charge >= 0.3 is 5.97 Å². The second-order valence-corrected chi connectivity index (χ2v) is 7.38. The summed E-state index contributed by atoms with van der Waals surface area (Å²) in [5.74, 6) is -0.809. The minimum Gasteiger partial charge on any atom is -0.468 e. The lowest BCUT2D eigenvalue weighted by atomic mass is 9.95.